The molecule has 0 spiro atoms. The number of nitrogens with one attached hydrogen (secondary N) is 2. The zero-order valence-corrected chi connectivity index (χ0v) is 19.5. The standard InChI is InChI=1S/C26H24FN5O4/c1-17(33)30-14-22-15-32(26(35)36-22)21-7-8-23(24(27)10-21)20-5-2-18(3-6-20)13-31-25(34)9-4-19-11-28-16-29-12-19/h2-12,16,22H,13-15H2,1H3,(H,30,33)(H,31,34)/b9-4+. The van der Waals surface area contributed by atoms with Crippen LogP contribution in [0.2, 0.25) is 0 Å². The maximum atomic E-state index is 14.9. The van der Waals surface area contributed by atoms with Crippen molar-refractivity contribution in [1.82, 2.24) is 20.6 Å². The van der Waals surface area contributed by atoms with Crippen LogP contribution in [-0.4, -0.2) is 47.1 Å². The van der Waals surface area contributed by atoms with E-state index in [4.69, 9.17) is 4.74 Å². The van der Waals surface area contributed by atoms with E-state index >= 15 is 0 Å². The number of hydrogen-bond donors (Lipinski definition) is 2. The second-order valence-electron chi connectivity index (χ2n) is 8.14. The average molecular weight is 490 g/mol. The van der Waals surface area contributed by atoms with E-state index in [0.29, 0.717) is 23.4 Å². The Morgan fingerprint density at radius 3 is 2.58 bits per heavy atom. The van der Waals surface area contributed by atoms with E-state index in [9.17, 15) is 18.8 Å². The lowest BCUT2D eigenvalue weighted by atomic mass is 10.0. The Hall–Kier alpha value is -4.60. The first-order valence-corrected chi connectivity index (χ1v) is 11.2. The minimum atomic E-state index is -0.587. The van der Waals surface area contributed by atoms with Gasteiger partial charge in [-0.15, -0.1) is 0 Å². The van der Waals surface area contributed by atoms with Crippen LogP contribution in [0.3, 0.4) is 0 Å². The Morgan fingerprint density at radius 1 is 1.14 bits per heavy atom. The summed E-state index contributed by atoms with van der Waals surface area (Å²) in [4.78, 5) is 44.4. The van der Waals surface area contributed by atoms with E-state index in [1.54, 1.807) is 42.7 Å². The van der Waals surface area contributed by atoms with Gasteiger partial charge in [0.15, 0.2) is 0 Å². The number of carbonyl (C=O) groups is 3. The summed E-state index contributed by atoms with van der Waals surface area (Å²) in [5.74, 6) is -0.963. The monoisotopic (exact) mass is 489 g/mol. The van der Waals surface area contributed by atoms with Crippen molar-refractivity contribution in [2.45, 2.75) is 19.6 Å². The van der Waals surface area contributed by atoms with Gasteiger partial charge in [0.25, 0.3) is 0 Å². The van der Waals surface area contributed by atoms with Crippen molar-refractivity contribution in [3.05, 3.63) is 84.2 Å². The molecule has 1 aliphatic heterocycles. The summed E-state index contributed by atoms with van der Waals surface area (Å²) >= 11 is 0. The number of ether oxygens (including phenoxy) is 1. The topological polar surface area (TPSA) is 114 Å². The zero-order valence-electron chi connectivity index (χ0n) is 19.5. The highest BCUT2D eigenvalue weighted by Gasteiger charge is 2.32. The molecule has 1 aliphatic rings. The van der Waals surface area contributed by atoms with E-state index < -0.39 is 18.0 Å². The SMILES string of the molecule is CC(=O)NCC1CN(c2ccc(-c3ccc(CNC(=O)/C=C/c4cncnc4)cc3)c(F)c2)C(=O)O1. The number of aromatic nitrogens is 2. The molecule has 1 atom stereocenters. The molecule has 1 aromatic heterocycles. The number of halogens is 1. The minimum Gasteiger partial charge on any atom is -0.442 e. The molecule has 3 aromatic rings. The van der Waals surface area contributed by atoms with Crippen molar-refractivity contribution in [2.75, 3.05) is 18.0 Å². The van der Waals surface area contributed by atoms with Crippen LogP contribution >= 0.6 is 0 Å². The molecular weight excluding hydrogens is 465 g/mol. The van der Waals surface area contributed by atoms with Crippen LogP contribution in [0.4, 0.5) is 14.9 Å². The summed E-state index contributed by atoms with van der Waals surface area (Å²) < 4.78 is 20.2. The lowest BCUT2D eigenvalue weighted by Gasteiger charge is -2.15. The third kappa shape index (κ3) is 6.29. The van der Waals surface area contributed by atoms with E-state index in [0.717, 1.165) is 11.1 Å². The molecule has 9 nitrogen and oxygen atoms in total. The molecule has 0 aliphatic carbocycles. The van der Waals surface area contributed by atoms with Crippen LogP contribution in [0.5, 0.6) is 0 Å². The molecule has 36 heavy (non-hydrogen) atoms. The van der Waals surface area contributed by atoms with Crippen LogP contribution in [0, 0.1) is 5.82 Å². The highest BCUT2D eigenvalue weighted by atomic mass is 19.1. The summed E-state index contributed by atoms with van der Waals surface area (Å²) in [6, 6.07) is 11.7. The van der Waals surface area contributed by atoms with Gasteiger partial charge in [0, 0.05) is 43.1 Å². The Bertz CT molecular complexity index is 1280. The summed E-state index contributed by atoms with van der Waals surface area (Å²) in [7, 11) is 0. The van der Waals surface area contributed by atoms with Gasteiger partial charge >= 0.3 is 6.09 Å². The van der Waals surface area contributed by atoms with Gasteiger partial charge < -0.3 is 15.4 Å². The normalized spacial score (nSPS) is 15.1. The van der Waals surface area contributed by atoms with Crippen LogP contribution in [-0.2, 0) is 20.9 Å². The van der Waals surface area contributed by atoms with Gasteiger partial charge in [-0.3, -0.25) is 14.5 Å². The van der Waals surface area contributed by atoms with Crippen molar-refractivity contribution in [3.63, 3.8) is 0 Å². The fourth-order valence-electron chi connectivity index (χ4n) is 3.62. The largest absolute Gasteiger partial charge is 0.442 e. The van der Waals surface area contributed by atoms with Gasteiger partial charge in [-0.05, 0) is 35.4 Å². The van der Waals surface area contributed by atoms with E-state index in [2.05, 4.69) is 20.6 Å². The summed E-state index contributed by atoms with van der Waals surface area (Å²) in [5, 5.41) is 5.39. The fraction of sp³-hybridized carbons (Fsp3) is 0.192. The Balaban J connectivity index is 1.35. The maximum Gasteiger partial charge on any atom is 0.414 e. The Morgan fingerprint density at radius 2 is 1.89 bits per heavy atom. The van der Waals surface area contributed by atoms with Crippen LogP contribution in [0.1, 0.15) is 18.1 Å². The molecule has 184 valence electrons. The summed E-state index contributed by atoms with van der Waals surface area (Å²) in [6.07, 6.45) is 6.55. The first-order chi connectivity index (χ1) is 17.4. The second kappa shape index (κ2) is 11.2. The van der Waals surface area contributed by atoms with E-state index in [1.165, 1.54) is 30.3 Å². The predicted molar refractivity (Wildman–Crippen MR) is 131 cm³/mol. The third-order valence-corrected chi connectivity index (χ3v) is 5.46. The van der Waals surface area contributed by atoms with Crippen molar-refractivity contribution in [3.8, 4) is 11.1 Å². The number of hydrogen-bond acceptors (Lipinski definition) is 6. The van der Waals surface area contributed by atoms with Crippen molar-refractivity contribution < 1.29 is 23.5 Å². The van der Waals surface area contributed by atoms with Crippen molar-refractivity contribution >= 4 is 29.7 Å². The zero-order chi connectivity index (χ0) is 25.5. The predicted octanol–water partition coefficient (Wildman–Crippen LogP) is 3.07. The van der Waals surface area contributed by atoms with Gasteiger partial charge in [0.05, 0.1) is 18.8 Å². The van der Waals surface area contributed by atoms with Crippen molar-refractivity contribution in [1.29, 1.82) is 0 Å². The van der Waals surface area contributed by atoms with Gasteiger partial charge in [-0.1, -0.05) is 24.3 Å². The number of anilines is 1. The maximum absolute atomic E-state index is 14.9. The first-order valence-electron chi connectivity index (χ1n) is 11.2. The quantitative estimate of drug-likeness (QED) is 0.470. The van der Waals surface area contributed by atoms with Crippen LogP contribution in [0.15, 0.2) is 67.3 Å². The lowest BCUT2D eigenvalue weighted by Crippen LogP contribution is -2.33. The Labute approximate surface area is 207 Å². The fourth-order valence-corrected chi connectivity index (χ4v) is 3.62. The molecule has 3 amide bonds. The van der Waals surface area contributed by atoms with E-state index in [-0.39, 0.29) is 24.9 Å². The second-order valence-corrected chi connectivity index (χ2v) is 8.14. The molecule has 0 bridgehead atoms. The van der Waals surface area contributed by atoms with Crippen molar-refractivity contribution in [2.24, 2.45) is 0 Å². The van der Waals surface area contributed by atoms with E-state index in [1.807, 2.05) is 12.1 Å². The molecule has 1 unspecified atom stereocenters. The average Bonchev–Trinajstić information content (AvgIpc) is 3.26. The number of amides is 3. The van der Waals surface area contributed by atoms with Crippen LogP contribution < -0.4 is 15.5 Å². The lowest BCUT2D eigenvalue weighted by molar-refractivity contribution is -0.119. The summed E-state index contributed by atoms with van der Waals surface area (Å²) in [6.45, 7) is 2.11. The molecule has 1 saturated heterocycles. The number of carbonyl (C=O) groups excluding carboxylic acids is 3. The number of nitrogens with zero attached hydrogens (tertiary/aromatic N) is 3. The molecular formula is C26H24FN5O4. The molecule has 2 heterocycles. The Kier molecular flexibility index (Phi) is 7.64. The molecule has 0 radical (unpaired) electrons. The van der Waals surface area contributed by atoms with Gasteiger partial charge in [-0.25, -0.2) is 19.2 Å². The minimum absolute atomic E-state index is 0.198. The first kappa shape index (κ1) is 24.5. The molecule has 0 saturated carbocycles. The number of cyclic esters (lactones) is 1. The number of benzene rings is 2. The van der Waals surface area contributed by atoms with Crippen LogP contribution in [0.25, 0.3) is 17.2 Å². The number of rotatable bonds is 8. The molecule has 10 heteroatoms. The smallest absolute Gasteiger partial charge is 0.414 e. The van der Waals surface area contributed by atoms with Gasteiger partial charge in [-0.2, -0.15) is 0 Å². The molecule has 4 rings (SSSR count). The van der Waals surface area contributed by atoms with Gasteiger partial charge in [0.2, 0.25) is 11.8 Å². The third-order valence-electron chi connectivity index (χ3n) is 5.46. The summed E-state index contributed by atoms with van der Waals surface area (Å²) in [5.41, 5.74) is 2.98. The highest BCUT2D eigenvalue weighted by Crippen LogP contribution is 2.29. The highest BCUT2D eigenvalue weighted by molar-refractivity contribution is 5.91. The van der Waals surface area contributed by atoms with Gasteiger partial charge in [0.1, 0.15) is 18.2 Å². The molecule has 2 N–H and O–H groups in total. The molecule has 1 fully saturated rings. The molecule has 2 aromatic carbocycles.